The Kier molecular flexibility index (Phi) is 2.78. The third-order valence-electron chi connectivity index (χ3n) is 2.50. The van der Waals surface area contributed by atoms with Crippen LogP contribution in [0.2, 0.25) is 0 Å². The van der Waals surface area contributed by atoms with Crippen LogP contribution in [0, 0.1) is 13.8 Å². The van der Waals surface area contributed by atoms with Crippen LogP contribution < -0.4 is 0 Å². The molecule has 1 atom stereocenters. The summed E-state index contributed by atoms with van der Waals surface area (Å²) in [5.74, 6) is 0. The molecule has 1 aromatic carbocycles. The fraction of sp³-hybridized carbons (Fsp3) is 0.250. The lowest BCUT2D eigenvalue weighted by Crippen LogP contribution is -1.97. The molecule has 2 rings (SSSR count). The van der Waals surface area contributed by atoms with Gasteiger partial charge in [0.25, 0.3) is 0 Å². The van der Waals surface area contributed by atoms with Gasteiger partial charge in [-0.25, -0.2) is 0 Å². The highest BCUT2D eigenvalue weighted by Gasteiger charge is 2.14. The third-order valence-corrected chi connectivity index (χ3v) is 2.97. The summed E-state index contributed by atoms with van der Waals surface area (Å²) in [7, 11) is 0. The van der Waals surface area contributed by atoms with Gasteiger partial charge >= 0.3 is 0 Å². The summed E-state index contributed by atoms with van der Waals surface area (Å²) >= 11 is 6.38. The minimum atomic E-state index is -0.146. The van der Waals surface area contributed by atoms with E-state index in [0.717, 1.165) is 11.3 Å². The molecule has 1 N–H and O–H groups in total. The van der Waals surface area contributed by atoms with Crippen molar-refractivity contribution < 1.29 is 0 Å². The molecule has 2 nitrogen and oxygen atoms in total. The van der Waals surface area contributed by atoms with E-state index in [9.17, 15) is 0 Å². The SMILES string of the molecule is Cc1ccc(C)c(C(Cl)c2ccn[nH]2)c1. The number of nitrogens with zero attached hydrogens (tertiary/aromatic N) is 1. The fourth-order valence-corrected chi connectivity index (χ4v) is 1.96. The summed E-state index contributed by atoms with van der Waals surface area (Å²) in [5.41, 5.74) is 4.50. The molecule has 15 heavy (non-hydrogen) atoms. The largest absolute Gasteiger partial charge is 0.281 e. The van der Waals surface area contributed by atoms with Gasteiger partial charge in [0.2, 0.25) is 0 Å². The first-order valence-electron chi connectivity index (χ1n) is 4.89. The monoisotopic (exact) mass is 220 g/mol. The van der Waals surface area contributed by atoms with E-state index in [1.165, 1.54) is 11.1 Å². The molecule has 0 aliphatic heterocycles. The van der Waals surface area contributed by atoms with Gasteiger partial charge in [0.05, 0.1) is 5.69 Å². The molecule has 1 aromatic heterocycles. The first-order chi connectivity index (χ1) is 7.18. The zero-order chi connectivity index (χ0) is 10.8. The third kappa shape index (κ3) is 2.05. The Hall–Kier alpha value is -1.28. The first-order valence-corrected chi connectivity index (χ1v) is 5.32. The lowest BCUT2D eigenvalue weighted by atomic mass is 10.0. The molecule has 0 bridgehead atoms. The number of aryl methyl sites for hydroxylation is 2. The van der Waals surface area contributed by atoms with Crippen LogP contribution in [0.1, 0.15) is 27.8 Å². The van der Waals surface area contributed by atoms with Crippen LogP contribution >= 0.6 is 11.6 Å². The first kappa shape index (κ1) is 10.2. The van der Waals surface area contributed by atoms with Crippen molar-refractivity contribution in [1.29, 1.82) is 0 Å². The van der Waals surface area contributed by atoms with E-state index in [0.29, 0.717) is 0 Å². The quantitative estimate of drug-likeness (QED) is 0.773. The Balaban J connectivity index is 2.41. The maximum atomic E-state index is 6.38. The highest BCUT2D eigenvalue weighted by atomic mass is 35.5. The minimum Gasteiger partial charge on any atom is -0.281 e. The number of hydrogen-bond donors (Lipinski definition) is 1. The van der Waals surface area contributed by atoms with Crippen molar-refractivity contribution in [2.75, 3.05) is 0 Å². The van der Waals surface area contributed by atoms with Crippen molar-refractivity contribution in [3.63, 3.8) is 0 Å². The second kappa shape index (κ2) is 4.07. The van der Waals surface area contributed by atoms with Crippen molar-refractivity contribution in [3.05, 3.63) is 52.8 Å². The lowest BCUT2D eigenvalue weighted by Gasteiger charge is -2.11. The van der Waals surface area contributed by atoms with Gasteiger partial charge in [-0.1, -0.05) is 23.8 Å². The van der Waals surface area contributed by atoms with Crippen molar-refractivity contribution in [3.8, 4) is 0 Å². The molecule has 0 aliphatic rings. The van der Waals surface area contributed by atoms with E-state index >= 15 is 0 Å². The summed E-state index contributed by atoms with van der Waals surface area (Å²) < 4.78 is 0. The van der Waals surface area contributed by atoms with Gasteiger partial charge in [0.15, 0.2) is 0 Å². The van der Waals surface area contributed by atoms with E-state index in [4.69, 9.17) is 11.6 Å². The van der Waals surface area contributed by atoms with E-state index in [-0.39, 0.29) is 5.38 Å². The topological polar surface area (TPSA) is 28.7 Å². The Morgan fingerprint density at radius 3 is 2.73 bits per heavy atom. The highest BCUT2D eigenvalue weighted by Crippen LogP contribution is 2.29. The summed E-state index contributed by atoms with van der Waals surface area (Å²) in [6.07, 6.45) is 1.72. The molecule has 0 saturated carbocycles. The average Bonchev–Trinajstić information content (AvgIpc) is 2.74. The van der Waals surface area contributed by atoms with Crippen LogP contribution in [-0.4, -0.2) is 10.2 Å². The predicted octanol–water partition coefficient (Wildman–Crippen LogP) is 3.35. The lowest BCUT2D eigenvalue weighted by molar-refractivity contribution is 0.968. The molecule has 0 radical (unpaired) electrons. The van der Waals surface area contributed by atoms with E-state index < -0.39 is 0 Å². The standard InChI is InChI=1S/C12H13ClN2/c1-8-3-4-9(2)10(7-8)12(13)11-5-6-14-15-11/h3-7,12H,1-2H3,(H,14,15). The summed E-state index contributed by atoms with van der Waals surface area (Å²) in [5, 5.41) is 6.67. The zero-order valence-electron chi connectivity index (χ0n) is 8.79. The van der Waals surface area contributed by atoms with Gasteiger partial charge in [-0.2, -0.15) is 5.10 Å². The van der Waals surface area contributed by atoms with Crippen LogP contribution in [-0.2, 0) is 0 Å². The van der Waals surface area contributed by atoms with Gasteiger partial charge in [-0.05, 0) is 31.0 Å². The molecule has 1 unspecified atom stereocenters. The van der Waals surface area contributed by atoms with Crippen molar-refractivity contribution in [2.24, 2.45) is 0 Å². The molecule has 0 amide bonds. The second-order valence-corrected chi connectivity index (χ2v) is 4.17. The van der Waals surface area contributed by atoms with Gasteiger partial charge in [-0.3, -0.25) is 5.10 Å². The molecule has 1 heterocycles. The number of aromatic amines is 1. The van der Waals surface area contributed by atoms with E-state index in [1.54, 1.807) is 6.20 Å². The Bertz CT molecular complexity index is 449. The van der Waals surface area contributed by atoms with Crippen LogP contribution in [0.15, 0.2) is 30.5 Å². The maximum absolute atomic E-state index is 6.38. The van der Waals surface area contributed by atoms with Crippen molar-refractivity contribution >= 4 is 11.6 Å². The number of aromatic nitrogens is 2. The number of nitrogens with one attached hydrogen (secondary N) is 1. The Morgan fingerprint density at radius 1 is 1.27 bits per heavy atom. The van der Waals surface area contributed by atoms with E-state index in [2.05, 4.69) is 42.2 Å². The molecular weight excluding hydrogens is 208 g/mol. The number of hydrogen-bond acceptors (Lipinski definition) is 1. The van der Waals surface area contributed by atoms with Gasteiger partial charge in [0, 0.05) is 6.20 Å². The van der Waals surface area contributed by atoms with E-state index in [1.807, 2.05) is 6.07 Å². The smallest absolute Gasteiger partial charge is 0.100 e. The summed E-state index contributed by atoms with van der Waals surface area (Å²) in [6, 6.07) is 8.21. The normalized spacial score (nSPS) is 12.7. The van der Waals surface area contributed by atoms with Crippen LogP contribution in [0.3, 0.4) is 0 Å². The van der Waals surface area contributed by atoms with Crippen molar-refractivity contribution in [1.82, 2.24) is 10.2 Å². The molecule has 0 saturated heterocycles. The number of alkyl halides is 1. The minimum absolute atomic E-state index is 0.146. The van der Waals surface area contributed by atoms with Crippen molar-refractivity contribution in [2.45, 2.75) is 19.2 Å². The number of H-pyrrole nitrogens is 1. The van der Waals surface area contributed by atoms with Crippen LogP contribution in [0.25, 0.3) is 0 Å². The fourth-order valence-electron chi connectivity index (χ4n) is 1.61. The number of halogens is 1. The van der Waals surface area contributed by atoms with Gasteiger partial charge < -0.3 is 0 Å². The molecule has 3 heteroatoms. The average molecular weight is 221 g/mol. The maximum Gasteiger partial charge on any atom is 0.100 e. The Morgan fingerprint density at radius 2 is 2.07 bits per heavy atom. The van der Waals surface area contributed by atoms with Gasteiger partial charge in [0.1, 0.15) is 5.38 Å². The summed E-state index contributed by atoms with van der Waals surface area (Å²) in [6.45, 7) is 4.14. The number of rotatable bonds is 2. The molecule has 2 aromatic rings. The second-order valence-electron chi connectivity index (χ2n) is 3.73. The Labute approximate surface area is 94.3 Å². The summed E-state index contributed by atoms with van der Waals surface area (Å²) in [4.78, 5) is 0. The highest BCUT2D eigenvalue weighted by molar-refractivity contribution is 6.22. The number of benzene rings is 1. The van der Waals surface area contributed by atoms with Crippen LogP contribution in [0.4, 0.5) is 0 Å². The molecule has 0 fully saturated rings. The molecule has 78 valence electrons. The van der Waals surface area contributed by atoms with Crippen LogP contribution in [0.5, 0.6) is 0 Å². The molecular formula is C12H13ClN2. The molecule has 0 aliphatic carbocycles. The zero-order valence-corrected chi connectivity index (χ0v) is 9.55. The predicted molar refractivity (Wildman–Crippen MR) is 62.2 cm³/mol. The molecule has 0 spiro atoms. The van der Waals surface area contributed by atoms with Gasteiger partial charge in [-0.15, -0.1) is 11.6 Å².